The zero-order valence-electron chi connectivity index (χ0n) is 14.2. The Hall–Kier alpha value is -1.84. The summed E-state index contributed by atoms with van der Waals surface area (Å²) in [6.07, 6.45) is 1.75. The average molecular weight is 310 g/mol. The maximum atomic E-state index is 11.0. The summed E-state index contributed by atoms with van der Waals surface area (Å²) in [6.45, 7) is 2.74. The SMILES string of the molecule is CC(NCC1(O)CCc2ccccc21)c1ccccc1N(C)C. The van der Waals surface area contributed by atoms with Crippen molar-refractivity contribution >= 4 is 5.69 Å². The van der Waals surface area contributed by atoms with Crippen LogP contribution in [-0.2, 0) is 12.0 Å². The van der Waals surface area contributed by atoms with Crippen molar-refractivity contribution in [2.75, 3.05) is 25.5 Å². The molecule has 2 atom stereocenters. The van der Waals surface area contributed by atoms with Crippen LogP contribution in [0.2, 0.25) is 0 Å². The van der Waals surface area contributed by atoms with Gasteiger partial charge in [-0.3, -0.25) is 0 Å². The van der Waals surface area contributed by atoms with Gasteiger partial charge in [-0.15, -0.1) is 0 Å². The largest absolute Gasteiger partial charge is 0.384 e. The number of para-hydroxylation sites is 1. The minimum absolute atomic E-state index is 0.186. The van der Waals surface area contributed by atoms with Crippen molar-refractivity contribution in [3.63, 3.8) is 0 Å². The maximum absolute atomic E-state index is 11.0. The summed E-state index contributed by atoms with van der Waals surface area (Å²) >= 11 is 0. The molecule has 23 heavy (non-hydrogen) atoms. The number of benzene rings is 2. The summed E-state index contributed by atoms with van der Waals surface area (Å²) in [6, 6.07) is 16.8. The highest BCUT2D eigenvalue weighted by Gasteiger charge is 2.36. The molecule has 0 heterocycles. The Kier molecular flexibility index (Phi) is 4.42. The lowest BCUT2D eigenvalue weighted by molar-refractivity contribution is 0.0363. The molecule has 2 N–H and O–H groups in total. The van der Waals surface area contributed by atoms with E-state index in [9.17, 15) is 5.11 Å². The number of aryl methyl sites for hydroxylation is 1. The minimum atomic E-state index is -0.752. The van der Waals surface area contributed by atoms with Crippen LogP contribution in [0.5, 0.6) is 0 Å². The van der Waals surface area contributed by atoms with Crippen LogP contribution in [0.3, 0.4) is 0 Å². The molecule has 3 rings (SSSR count). The lowest BCUT2D eigenvalue weighted by atomic mass is 9.95. The summed E-state index contributed by atoms with van der Waals surface area (Å²) in [5.41, 5.74) is 4.08. The topological polar surface area (TPSA) is 35.5 Å². The predicted molar refractivity (Wildman–Crippen MR) is 95.8 cm³/mol. The van der Waals surface area contributed by atoms with Crippen molar-refractivity contribution < 1.29 is 5.11 Å². The molecule has 2 aromatic carbocycles. The van der Waals surface area contributed by atoms with E-state index < -0.39 is 5.60 Å². The molecule has 0 fully saturated rings. The number of hydrogen-bond donors (Lipinski definition) is 2. The standard InChI is InChI=1S/C20H26N2O/c1-15(17-9-5-7-11-19(17)22(2)3)21-14-20(23)13-12-16-8-4-6-10-18(16)20/h4-11,15,21,23H,12-14H2,1-3H3. The maximum Gasteiger partial charge on any atom is 0.103 e. The van der Waals surface area contributed by atoms with Gasteiger partial charge in [0.05, 0.1) is 0 Å². The van der Waals surface area contributed by atoms with Crippen LogP contribution in [0.15, 0.2) is 48.5 Å². The molecule has 0 radical (unpaired) electrons. The van der Waals surface area contributed by atoms with Gasteiger partial charge in [-0.25, -0.2) is 0 Å². The van der Waals surface area contributed by atoms with Crippen molar-refractivity contribution in [1.29, 1.82) is 0 Å². The normalized spacial score (nSPS) is 21.0. The molecule has 3 heteroatoms. The van der Waals surface area contributed by atoms with E-state index in [1.165, 1.54) is 16.8 Å². The molecule has 0 spiro atoms. The first kappa shape index (κ1) is 16.0. The van der Waals surface area contributed by atoms with Crippen LogP contribution in [-0.4, -0.2) is 25.7 Å². The second-order valence-corrected chi connectivity index (χ2v) is 6.74. The first-order chi connectivity index (χ1) is 11.0. The van der Waals surface area contributed by atoms with Crippen molar-refractivity contribution in [2.45, 2.75) is 31.4 Å². The second-order valence-electron chi connectivity index (χ2n) is 6.74. The quantitative estimate of drug-likeness (QED) is 0.890. The first-order valence-electron chi connectivity index (χ1n) is 8.32. The lowest BCUT2D eigenvalue weighted by Crippen LogP contribution is -2.37. The van der Waals surface area contributed by atoms with Gasteiger partial charge in [0.1, 0.15) is 5.60 Å². The van der Waals surface area contributed by atoms with E-state index >= 15 is 0 Å². The van der Waals surface area contributed by atoms with E-state index in [-0.39, 0.29) is 6.04 Å². The summed E-state index contributed by atoms with van der Waals surface area (Å²) in [7, 11) is 4.12. The number of nitrogens with one attached hydrogen (secondary N) is 1. The fraction of sp³-hybridized carbons (Fsp3) is 0.400. The van der Waals surface area contributed by atoms with Crippen LogP contribution in [0.4, 0.5) is 5.69 Å². The van der Waals surface area contributed by atoms with Crippen molar-refractivity contribution in [1.82, 2.24) is 5.32 Å². The second kappa shape index (κ2) is 6.34. The van der Waals surface area contributed by atoms with Gasteiger partial charge in [0.15, 0.2) is 0 Å². The number of rotatable bonds is 5. The lowest BCUT2D eigenvalue weighted by Gasteiger charge is -2.28. The average Bonchev–Trinajstić information content (AvgIpc) is 2.91. The molecule has 122 valence electrons. The van der Waals surface area contributed by atoms with E-state index in [1.807, 2.05) is 12.1 Å². The molecule has 0 aliphatic heterocycles. The molecular formula is C20H26N2O. The van der Waals surface area contributed by atoms with Gasteiger partial charge in [-0.05, 0) is 42.5 Å². The molecule has 1 aliphatic rings. The highest BCUT2D eigenvalue weighted by atomic mass is 16.3. The molecule has 3 nitrogen and oxygen atoms in total. The molecule has 0 bridgehead atoms. The Bertz CT molecular complexity index is 683. The minimum Gasteiger partial charge on any atom is -0.384 e. The summed E-state index contributed by atoms with van der Waals surface area (Å²) in [5.74, 6) is 0. The third-order valence-corrected chi connectivity index (χ3v) is 4.91. The smallest absolute Gasteiger partial charge is 0.103 e. The van der Waals surface area contributed by atoms with E-state index in [4.69, 9.17) is 0 Å². The number of hydrogen-bond acceptors (Lipinski definition) is 3. The van der Waals surface area contributed by atoms with E-state index in [0.717, 1.165) is 18.4 Å². The molecule has 2 aromatic rings. The molecule has 0 saturated carbocycles. The Labute approximate surface area is 139 Å². The Morgan fingerprint density at radius 2 is 1.83 bits per heavy atom. The van der Waals surface area contributed by atoms with Crippen molar-refractivity contribution in [2.24, 2.45) is 0 Å². The van der Waals surface area contributed by atoms with Crippen LogP contribution in [0.1, 0.15) is 36.1 Å². The first-order valence-corrected chi connectivity index (χ1v) is 8.32. The van der Waals surface area contributed by atoms with Gasteiger partial charge in [-0.2, -0.15) is 0 Å². The Morgan fingerprint density at radius 3 is 2.61 bits per heavy atom. The van der Waals surface area contributed by atoms with Gasteiger partial charge in [0.25, 0.3) is 0 Å². The van der Waals surface area contributed by atoms with Gasteiger partial charge >= 0.3 is 0 Å². The fourth-order valence-electron chi connectivity index (χ4n) is 3.54. The number of nitrogens with zero attached hydrogens (tertiary/aromatic N) is 1. The zero-order chi connectivity index (χ0) is 16.4. The molecule has 1 aliphatic carbocycles. The predicted octanol–water partition coefficient (Wildman–Crippen LogP) is 3.24. The van der Waals surface area contributed by atoms with E-state index in [1.54, 1.807) is 0 Å². The molecule has 0 aromatic heterocycles. The molecule has 0 saturated heterocycles. The number of fused-ring (bicyclic) bond motifs is 1. The van der Waals surface area contributed by atoms with Gasteiger partial charge < -0.3 is 15.3 Å². The zero-order valence-corrected chi connectivity index (χ0v) is 14.2. The molecule has 2 unspecified atom stereocenters. The van der Waals surface area contributed by atoms with Crippen molar-refractivity contribution in [3.05, 3.63) is 65.2 Å². The fourth-order valence-corrected chi connectivity index (χ4v) is 3.54. The third-order valence-electron chi connectivity index (χ3n) is 4.91. The summed E-state index contributed by atoms with van der Waals surface area (Å²) < 4.78 is 0. The summed E-state index contributed by atoms with van der Waals surface area (Å²) in [5, 5.41) is 14.6. The van der Waals surface area contributed by atoms with Crippen LogP contribution >= 0.6 is 0 Å². The van der Waals surface area contributed by atoms with Crippen LogP contribution in [0, 0.1) is 0 Å². The van der Waals surface area contributed by atoms with Gasteiger partial charge in [-0.1, -0.05) is 42.5 Å². The number of anilines is 1. The van der Waals surface area contributed by atoms with Gasteiger partial charge in [0.2, 0.25) is 0 Å². The Morgan fingerprint density at radius 1 is 1.13 bits per heavy atom. The molecule has 0 amide bonds. The molecular weight excluding hydrogens is 284 g/mol. The van der Waals surface area contributed by atoms with E-state index in [2.05, 4.69) is 67.6 Å². The Balaban J connectivity index is 1.74. The summed E-state index contributed by atoms with van der Waals surface area (Å²) in [4.78, 5) is 2.13. The van der Waals surface area contributed by atoms with Crippen LogP contribution < -0.4 is 10.2 Å². The highest BCUT2D eigenvalue weighted by Crippen LogP contribution is 2.36. The van der Waals surface area contributed by atoms with E-state index in [0.29, 0.717) is 6.54 Å². The number of aliphatic hydroxyl groups is 1. The highest BCUT2D eigenvalue weighted by molar-refractivity contribution is 5.53. The third kappa shape index (κ3) is 3.12. The van der Waals surface area contributed by atoms with Gasteiger partial charge in [0, 0.05) is 32.4 Å². The monoisotopic (exact) mass is 310 g/mol. The van der Waals surface area contributed by atoms with Crippen LogP contribution in [0.25, 0.3) is 0 Å². The van der Waals surface area contributed by atoms with Crippen molar-refractivity contribution in [3.8, 4) is 0 Å².